The highest BCUT2D eigenvalue weighted by Gasteiger charge is 2.52. The van der Waals surface area contributed by atoms with E-state index < -0.39 is 12.8 Å². The van der Waals surface area contributed by atoms with Crippen LogP contribution in [0.15, 0.2) is 0 Å². The summed E-state index contributed by atoms with van der Waals surface area (Å²) in [6, 6.07) is 1.79. The van der Waals surface area contributed by atoms with E-state index in [0.29, 0.717) is 0 Å². The van der Waals surface area contributed by atoms with Gasteiger partial charge in [0.1, 0.15) is 0 Å². The molecule has 5 heteroatoms. The summed E-state index contributed by atoms with van der Waals surface area (Å²) < 4.78 is 11.2. The van der Waals surface area contributed by atoms with Crippen LogP contribution >= 0.6 is 7.60 Å². The molecule has 76 valence electrons. The van der Waals surface area contributed by atoms with Gasteiger partial charge in [0.15, 0.2) is 5.16 Å². The van der Waals surface area contributed by atoms with E-state index in [1.54, 1.807) is 33.8 Å². The number of hydrogen-bond donors (Lipinski definition) is 2. The van der Waals surface area contributed by atoms with Crippen LogP contribution in [0.3, 0.4) is 0 Å². The molecule has 13 heavy (non-hydrogen) atoms. The van der Waals surface area contributed by atoms with Crippen molar-refractivity contribution in [1.82, 2.24) is 0 Å². The van der Waals surface area contributed by atoms with E-state index in [0.717, 1.165) is 0 Å². The average Bonchev–Trinajstić information content (AvgIpc) is 1.83. The van der Waals surface area contributed by atoms with Crippen LogP contribution in [0.4, 0.5) is 0 Å². The minimum atomic E-state index is -4.38. The molecule has 0 fully saturated rings. The van der Waals surface area contributed by atoms with Crippen molar-refractivity contribution in [1.29, 1.82) is 5.26 Å². The molecule has 0 spiro atoms. The molecule has 2 N–H and O–H groups in total. The molecule has 0 radical (unpaired) electrons. The van der Waals surface area contributed by atoms with Crippen LogP contribution in [-0.2, 0) is 4.57 Å². The van der Waals surface area contributed by atoms with Gasteiger partial charge in [0.2, 0.25) is 0 Å². The molecule has 0 aliphatic rings. The minimum Gasteiger partial charge on any atom is -0.323 e. The van der Waals surface area contributed by atoms with E-state index in [1.807, 2.05) is 0 Å². The lowest BCUT2D eigenvalue weighted by atomic mass is 9.86. The number of hydrogen-bond acceptors (Lipinski definition) is 2. The topological polar surface area (TPSA) is 81.3 Å². The molecule has 0 aliphatic carbocycles. The molecule has 0 aromatic carbocycles. The van der Waals surface area contributed by atoms with E-state index in [-0.39, 0.29) is 11.8 Å². The Balaban J connectivity index is 5.43. The summed E-state index contributed by atoms with van der Waals surface area (Å²) >= 11 is 0. The molecule has 0 aromatic heterocycles. The quantitative estimate of drug-likeness (QED) is 0.687. The van der Waals surface area contributed by atoms with Crippen LogP contribution in [-0.4, -0.2) is 14.9 Å². The lowest BCUT2D eigenvalue weighted by Crippen LogP contribution is -2.38. The van der Waals surface area contributed by atoms with E-state index in [9.17, 15) is 4.57 Å². The van der Waals surface area contributed by atoms with Gasteiger partial charge < -0.3 is 9.79 Å². The van der Waals surface area contributed by atoms with Crippen LogP contribution in [0.2, 0.25) is 0 Å². The maximum atomic E-state index is 11.2. The first kappa shape index (κ1) is 12.6. The lowest BCUT2D eigenvalue weighted by molar-refractivity contribution is 0.279. The van der Waals surface area contributed by atoms with Gasteiger partial charge in [0.25, 0.3) is 0 Å². The van der Waals surface area contributed by atoms with Crippen LogP contribution in [0, 0.1) is 23.2 Å². The van der Waals surface area contributed by atoms with Crippen molar-refractivity contribution in [3.05, 3.63) is 0 Å². The van der Waals surface area contributed by atoms with Gasteiger partial charge in [-0.05, 0) is 11.8 Å². The molecule has 0 aliphatic heterocycles. The van der Waals surface area contributed by atoms with Crippen LogP contribution in [0.25, 0.3) is 0 Å². The van der Waals surface area contributed by atoms with Crippen LogP contribution in [0.1, 0.15) is 27.7 Å². The lowest BCUT2D eigenvalue weighted by Gasteiger charge is -2.34. The fourth-order valence-electron chi connectivity index (χ4n) is 1.66. The zero-order valence-electron chi connectivity index (χ0n) is 8.35. The molecule has 0 bridgehead atoms. The Kier molecular flexibility index (Phi) is 3.69. The van der Waals surface area contributed by atoms with Gasteiger partial charge in [0, 0.05) is 0 Å². The van der Waals surface area contributed by atoms with Crippen molar-refractivity contribution in [2.24, 2.45) is 11.8 Å². The van der Waals surface area contributed by atoms with Crippen LogP contribution in [0.5, 0.6) is 0 Å². The highest BCUT2D eigenvalue weighted by Crippen LogP contribution is 2.57. The van der Waals surface area contributed by atoms with Gasteiger partial charge in [-0.15, -0.1) is 0 Å². The molecule has 0 atom stereocenters. The van der Waals surface area contributed by atoms with Crippen molar-refractivity contribution in [2.75, 3.05) is 0 Å². The Labute approximate surface area is 78.7 Å². The van der Waals surface area contributed by atoms with Gasteiger partial charge in [-0.3, -0.25) is 4.57 Å². The maximum Gasteiger partial charge on any atom is 0.346 e. The predicted molar refractivity (Wildman–Crippen MR) is 50.1 cm³/mol. The standard InChI is InChI=1S/C8H16NO3P/c1-6(2)8(5-9,7(3)4)13(10,11)12/h6-7H,1-4H3,(H2,10,11,12). The van der Waals surface area contributed by atoms with E-state index in [2.05, 4.69) is 0 Å². The van der Waals surface area contributed by atoms with Gasteiger partial charge in [-0.25, -0.2) is 0 Å². The normalized spacial score (nSPS) is 13.5. The summed E-state index contributed by atoms with van der Waals surface area (Å²) in [7, 11) is -4.38. The van der Waals surface area contributed by atoms with Crippen molar-refractivity contribution in [3.63, 3.8) is 0 Å². The minimum absolute atomic E-state index is 0.363. The third-order valence-corrected chi connectivity index (χ3v) is 4.52. The second-order valence-electron chi connectivity index (χ2n) is 3.79. The zero-order valence-corrected chi connectivity index (χ0v) is 9.25. The fourth-order valence-corrected chi connectivity index (χ4v) is 3.14. The Morgan fingerprint density at radius 1 is 1.23 bits per heavy atom. The second-order valence-corrected chi connectivity index (χ2v) is 5.62. The SMILES string of the molecule is CC(C)C(C#N)(C(C)C)P(=O)(O)O. The molecular weight excluding hydrogens is 189 g/mol. The zero-order chi connectivity index (χ0) is 10.9. The Bertz CT molecular complexity index is 253. The first-order chi connectivity index (χ1) is 5.70. The molecule has 0 aromatic rings. The molecule has 0 amide bonds. The second kappa shape index (κ2) is 3.79. The van der Waals surface area contributed by atoms with E-state index in [4.69, 9.17) is 15.0 Å². The largest absolute Gasteiger partial charge is 0.346 e. The molecule has 0 heterocycles. The summed E-state index contributed by atoms with van der Waals surface area (Å²) in [6.45, 7) is 6.62. The molecule has 0 saturated heterocycles. The third kappa shape index (κ3) is 1.94. The van der Waals surface area contributed by atoms with Crippen LogP contribution < -0.4 is 0 Å². The van der Waals surface area contributed by atoms with Gasteiger partial charge in [-0.2, -0.15) is 5.26 Å². The summed E-state index contributed by atoms with van der Waals surface area (Å²) in [5.41, 5.74) is 0. The highest BCUT2D eigenvalue weighted by molar-refractivity contribution is 7.54. The summed E-state index contributed by atoms with van der Waals surface area (Å²) in [5, 5.41) is 7.36. The van der Waals surface area contributed by atoms with Gasteiger partial charge >= 0.3 is 7.60 Å². The van der Waals surface area contributed by atoms with E-state index in [1.165, 1.54) is 0 Å². The third-order valence-electron chi connectivity index (χ3n) is 2.42. The monoisotopic (exact) mass is 205 g/mol. The summed E-state index contributed by atoms with van der Waals surface area (Å²) in [5.74, 6) is -0.725. The molecule has 0 rings (SSSR count). The Morgan fingerprint density at radius 3 is 1.54 bits per heavy atom. The smallest absolute Gasteiger partial charge is 0.323 e. The number of nitrogens with zero attached hydrogens (tertiary/aromatic N) is 1. The number of nitriles is 1. The average molecular weight is 205 g/mol. The maximum absolute atomic E-state index is 11.2. The summed E-state index contributed by atoms with van der Waals surface area (Å²) in [6.07, 6.45) is 0. The van der Waals surface area contributed by atoms with Gasteiger partial charge in [0.05, 0.1) is 6.07 Å². The van der Waals surface area contributed by atoms with Crippen molar-refractivity contribution < 1.29 is 14.4 Å². The number of rotatable bonds is 3. The highest BCUT2D eigenvalue weighted by atomic mass is 31.2. The first-order valence-electron chi connectivity index (χ1n) is 4.17. The fraction of sp³-hybridized carbons (Fsp3) is 0.875. The Morgan fingerprint density at radius 2 is 1.54 bits per heavy atom. The van der Waals surface area contributed by atoms with Gasteiger partial charge in [-0.1, -0.05) is 27.7 Å². The molecular formula is C8H16NO3P. The molecule has 4 nitrogen and oxygen atoms in total. The van der Waals surface area contributed by atoms with Crippen molar-refractivity contribution in [3.8, 4) is 6.07 Å². The van der Waals surface area contributed by atoms with Crippen molar-refractivity contribution >= 4 is 7.60 Å². The molecule has 0 saturated carbocycles. The first-order valence-corrected chi connectivity index (χ1v) is 5.78. The summed E-state index contributed by atoms with van der Waals surface area (Å²) in [4.78, 5) is 18.3. The Hall–Kier alpha value is -0.360. The molecule has 0 unspecified atom stereocenters. The van der Waals surface area contributed by atoms with E-state index >= 15 is 0 Å². The van der Waals surface area contributed by atoms with Crippen molar-refractivity contribution in [2.45, 2.75) is 32.9 Å². The predicted octanol–water partition coefficient (Wildman–Crippen LogP) is 1.74.